The van der Waals surface area contributed by atoms with E-state index in [0.717, 1.165) is 25.9 Å². The van der Waals surface area contributed by atoms with Gasteiger partial charge in [-0.2, -0.15) is 0 Å². The molecular weight excluding hydrogens is 240 g/mol. The Morgan fingerprint density at radius 3 is 2.42 bits per heavy atom. The minimum absolute atomic E-state index is 0.154. The molecule has 0 amide bonds. The van der Waals surface area contributed by atoms with Crippen molar-refractivity contribution in [2.45, 2.75) is 59.0 Å². The lowest BCUT2D eigenvalue weighted by atomic mass is 10.0. The molecule has 0 aliphatic carbocycles. The zero-order valence-corrected chi connectivity index (χ0v) is 13.5. The third kappa shape index (κ3) is 8.22. The number of hydrogen-bond acceptors (Lipinski definition) is 4. The SMILES string of the molecule is CCCNC(CCN(C)C(C)CC(C)C)C(=O)OC. The Bertz CT molecular complexity index is 244. The highest BCUT2D eigenvalue weighted by molar-refractivity contribution is 5.75. The van der Waals surface area contributed by atoms with Crippen LogP contribution in [0.2, 0.25) is 0 Å². The summed E-state index contributed by atoms with van der Waals surface area (Å²) in [7, 11) is 3.58. The largest absolute Gasteiger partial charge is 0.468 e. The molecule has 0 aliphatic heterocycles. The molecule has 1 N–H and O–H groups in total. The molecule has 0 spiro atoms. The van der Waals surface area contributed by atoms with Crippen LogP contribution in [0.5, 0.6) is 0 Å². The second kappa shape index (κ2) is 10.2. The summed E-state index contributed by atoms with van der Waals surface area (Å²) in [6.45, 7) is 10.6. The number of carbonyl (C=O) groups is 1. The van der Waals surface area contributed by atoms with Crippen molar-refractivity contribution in [1.82, 2.24) is 10.2 Å². The van der Waals surface area contributed by atoms with Crippen LogP contribution in [0.3, 0.4) is 0 Å². The number of ether oxygens (including phenoxy) is 1. The topological polar surface area (TPSA) is 41.6 Å². The zero-order valence-electron chi connectivity index (χ0n) is 13.5. The normalized spacial score (nSPS) is 14.7. The van der Waals surface area contributed by atoms with Gasteiger partial charge in [0.1, 0.15) is 6.04 Å². The van der Waals surface area contributed by atoms with Gasteiger partial charge in [0.05, 0.1) is 7.11 Å². The summed E-state index contributed by atoms with van der Waals surface area (Å²) in [5.74, 6) is 0.547. The van der Waals surface area contributed by atoms with Gasteiger partial charge in [0, 0.05) is 12.6 Å². The minimum atomic E-state index is -0.182. The molecule has 4 nitrogen and oxygen atoms in total. The summed E-state index contributed by atoms with van der Waals surface area (Å²) in [4.78, 5) is 14.0. The van der Waals surface area contributed by atoms with Gasteiger partial charge in [-0.25, -0.2) is 0 Å². The van der Waals surface area contributed by atoms with Crippen LogP contribution in [-0.2, 0) is 9.53 Å². The molecule has 0 rings (SSSR count). The van der Waals surface area contributed by atoms with Crippen molar-refractivity contribution in [1.29, 1.82) is 0 Å². The van der Waals surface area contributed by atoms with Gasteiger partial charge in [-0.05, 0) is 45.7 Å². The van der Waals surface area contributed by atoms with Gasteiger partial charge in [-0.1, -0.05) is 20.8 Å². The second-order valence-electron chi connectivity index (χ2n) is 5.78. The highest BCUT2D eigenvalue weighted by Gasteiger charge is 2.20. The first kappa shape index (κ1) is 18.4. The van der Waals surface area contributed by atoms with E-state index in [-0.39, 0.29) is 12.0 Å². The molecule has 0 saturated heterocycles. The number of methoxy groups -OCH3 is 1. The Morgan fingerprint density at radius 2 is 1.95 bits per heavy atom. The lowest BCUT2D eigenvalue weighted by Gasteiger charge is -2.27. The van der Waals surface area contributed by atoms with Crippen LogP contribution >= 0.6 is 0 Å². The Balaban J connectivity index is 4.18. The van der Waals surface area contributed by atoms with E-state index in [0.29, 0.717) is 12.0 Å². The zero-order chi connectivity index (χ0) is 14.8. The first-order valence-electron chi connectivity index (χ1n) is 7.43. The van der Waals surface area contributed by atoms with E-state index in [1.54, 1.807) is 0 Å². The Morgan fingerprint density at radius 1 is 1.32 bits per heavy atom. The van der Waals surface area contributed by atoms with Crippen LogP contribution in [0.1, 0.15) is 47.0 Å². The molecule has 0 heterocycles. The molecule has 2 atom stereocenters. The molecule has 2 unspecified atom stereocenters. The van der Waals surface area contributed by atoms with E-state index in [4.69, 9.17) is 4.74 Å². The standard InChI is InChI=1S/C15H32N2O2/c1-7-9-16-14(15(18)19-6)8-10-17(5)13(4)11-12(2)3/h12-14,16H,7-11H2,1-6H3. The molecular formula is C15H32N2O2. The van der Waals surface area contributed by atoms with E-state index in [1.807, 2.05) is 0 Å². The molecule has 0 aromatic heterocycles. The molecule has 0 aliphatic rings. The number of hydrogen-bond donors (Lipinski definition) is 1. The maximum atomic E-state index is 11.7. The maximum Gasteiger partial charge on any atom is 0.322 e. The van der Waals surface area contributed by atoms with Crippen molar-refractivity contribution >= 4 is 5.97 Å². The van der Waals surface area contributed by atoms with E-state index < -0.39 is 0 Å². The average molecular weight is 272 g/mol. The number of nitrogens with zero attached hydrogens (tertiary/aromatic N) is 1. The summed E-state index contributed by atoms with van der Waals surface area (Å²) in [5.41, 5.74) is 0. The fourth-order valence-corrected chi connectivity index (χ4v) is 2.18. The molecule has 0 radical (unpaired) electrons. The van der Waals surface area contributed by atoms with Crippen molar-refractivity contribution in [3.63, 3.8) is 0 Å². The Kier molecular flexibility index (Phi) is 9.88. The predicted octanol–water partition coefficient (Wildman–Crippen LogP) is 2.28. The Hall–Kier alpha value is -0.610. The third-order valence-corrected chi connectivity index (χ3v) is 3.46. The van der Waals surface area contributed by atoms with Crippen molar-refractivity contribution in [2.75, 3.05) is 27.2 Å². The predicted molar refractivity (Wildman–Crippen MR) is 80.3 cm³/mol. The van der Waals surface area contributed by atoms with E-state index in [9.17, 15) is 4.79 Å². The van der Waals surface area contributed by atoms with E-state index in [1.165, 1.54) is 13.5 Å². The summed E-state index contributed by atoms with van der Waals surface area (Å²) in [6.07, 6.45) is 3.00. The minimum Gasteiger partial charge on any atom is -0.468 e. The molecule has 4 heteroatoms. The first-order valence-corrected chi connectivity index (χ1v) is 7.43. The van der Waals surface area contributed by atoms with Gasteiger partial charge in [-0.3, -0.25) is 4.79 Å². The quantitative estimate of drug-likeness (QED) is 0.620. The summed E-state index contributed by atoms with van der Waals surface area (Å²) < 4.78 is 4.85. The van der Waals surface area contributed by atoms with E-state index in [2.05, 4.69) is 45.0 Å². The van der Waals surface area contributed by atoms with Crippen LogP contribution in [-0.4, -0.2) is 50.2 Å². The molecule has 0 bridgehead atoms. The lowest BCUT2D eigenvalue weighted by molar-refractivity contribution is -0.143. The fraction of sp³-hybridized carbons (Fsp3) is 0.933. The summed E-state index contributed by atoms with van der Waals surface area (Å²) in [5, 5.41) is 3.25. The number of nitrogens with one attached hydrogen (secondary N) is 1. The number of esters is 1. The monoisotopic (exact) mass is 272 g/mol. The summed E-state index contributed by atoms with van der Waals surface area (Å²) in [6, 6.07) is 0.364. The van der Waals surface area contributed by atoms with E-state index >= 15 is 0 Å². The molecule has 0 fully saturated rings. The molecule has 0 saturated carbocycles. The van der Waals surface area contributed by atoms with Gasteiger partial charge in [0.2, 0.25) is 0 Å². The molecule has 0 aromatic rings. The smallest absolute Gasteiger partial charge is 0.322 e. The Labute approximate surface area is 118 Å². The van der Waals surface area contributed by atoms with Crippen LogP contribution in [0.25, 0.3) is 0 Å². The van der Waals surface area contributed by atoms with Crippen molar-refractivity contribution in [2.24, 2.45) is 5.92 Å². The van der Waals surface area contributed by atoms with Gasteiger partial charge in [0.15, 0.2) is 0 Å². The maximum absolute atomic E-state index is 11.7. The van der Waals surface area contributed by atoms with Gasteiger partial charge in [-0.15, -0.1) is 0 Å². The van der Waals surface area contributed by atoms with Gasteiger partial charge in [0.25, 0.3) is 0 Å². The summed E-state index contributed by atoms with van der Waals surface area (Å²) >= 11 is 0. The highest BCUT2D eigenvalue weighted by Crippen LogP contribution is 2.10. The number of carbonyl (C=O) groups excluding carboxylic acids is 1. The lowest BCUT2D eigenvalue weighted by Crippen LogP contribution is -2.42. The highest BCUT2D eigenvalue weighted by atomic mass is 16.5. The molecule has 19 heavy (non-hydrogen) atoms. The van der Waals surface area contributed by atoms with Crippen molar-refractivity contribution in [3.05, 3.63) is 0 Å². The van der Waals surface area contributed by atoms with Gasteiger partial charge >= 0.3 is 5.97 Å². The average Bonchev–Trinajstić information content (AvgIpc) is 2.36. The fourth-order valence-electron chi connectivity index (χ4n) is 2.18. The molecule has 114 valence electrons. The van der Waals surface area contributed by atoms with Crippen LogP contribution in [0.15, 0.2) is 0 Å². The first-order chi connectivity index (χ1) is 8.92. The third-order valence-electron chi connectivity index (χ3n) is 3.46. The second-order valence-corrected chi connectivity index (χ2v) is 5.78. The van der Waals surface area contributed by atoms with Gasteiger partial charge < -0.3 is 15.0 Å². The number of rotatable bonds is 10. The van der Waals surface area contributed by atoms with Crippen LogP contribution in [0.4, 0.5) is 0 Å². The molecule has 0 aromatic carbocycles. The van der Waals surface area contributed by atoms with Crippen molar-refractivity contribution in [3.8, 4) is 0 Å². The van der Waals surface area contributed by atoms with Crippen molar-refractivity contribution < 1.29 is 9.53 Å². The van der Waals surface area contributed by atoms with Crippen LogP contribution < -0.4 is 5.32 Å². The van der Waals surface area contributed by atoms with Crippen LogP contribution in [0, 0.1) is 5.92 Å².